The lowest BCUT2D eigenvalue weighted by Gasteiger charge is -2.15. The largest absolute Gasteiger partial charge is 0.496 e. The number of halogens is 1. The molecule has 0 N–H and O–H groups in total. The number of hydrogen-bond donors (Lipinski definition) is 0. The molecule has 0 unspecified atom stereocenters. The maximum atomic E-state index is 5.47. The van der Waals surface area contributed by atoms with Gasteiger partial charge in [-0.25, -0.2) is 0 Å². The van der Waals surface area contributed by atoms with E-state index in [4.69, 9.17) is 14.2 Å². The van der Waals surface area contributed by atoms with E-state index in [0.717, 1.165) is 27.9 Å². The Kier molecular flexibility index (Phi) is 6.05. The second kappa shape index (κ2) is 7.79. The van der Waals surface area contributed by atoms with Crippen LogP contribution in [0.5, 0.6) is 17.2 Å². The van der Waals surface area contributed by atoms with Crippen molar-refractivity contribution >= 4 is 34.4 Å². The van der Waals surface area contributed by atoms with Gasteiger partial charge in [-0.15, -0.1) is 11.8 Å². The van der Waals surface area contributed by atoms with Gasteiger partial charge in [0.1, 0.15) is 17.2 Å². The molecule has 112 valence electrons. The zero-order valence-corrected chi connectivity index (χ0v) is 15.2. The van der Waals surface area contributed by atoms with Crippen LogP contribution in [0.3, 0.4) is 0 Å². The Labute approximate surface area is 143 Å². The highest BCUT2D eigenvalue weighted by molar-refractivity contribution is 14.1. The maximum Gasteiger partial charge on any atom is 0.139 e. The van der Waals surface area contributed by atoms with Gasteiger partial charge in [-0.2, -0.15) is 0 Å². The third kappa shape index (κ3) is 3.97. The molecule has 2 rings (SSSR count). The van der Waals surface area contributed by atoms with Gasteiger partial charge in [0.25, 0.3) is 0 Å². The maximum absolute atomic E-state index is 5.47. The van der Waals surface area contributed by atoms with Crippen molar-refractivity contribution in [2.24, 2.45) is 0 Å². The van der Waals surface area contributed by atoms with Crippen LogP contribution in [0, 0.1) is 3.57 Å². The van der Waals surface area contributed by atoms with Gasteiger partial charge in [-0.05, 0) is 34.2 Å². The van der Waals surface area contributed by atoms with Crippen LogP contribution in [0.25, 0.3) is 0 Å². The SMILES string of the molecule is COc1cc(OC)c(SCc2ccccc2I)c(OC)c1. The minimum Gasteiger partial charge on any atom is -0.496 e. The van der Waals surface area contributed by atoms with E-state index in [1.54, 1.807) is 33.1 Å². The zero-order valence-electron chi connectivity index (χ0n) is 12.2. The summed E-state index contributed by atoms with van der Waals surface area (Å²) in [5.41, 5.74) is 1.29. The Morgan fingerprint density at radius 1 is 0.952 bits per heavy atom. The molecule has 21 heavy (non-hydrogen) atoms. The number of thioether (sulfide) groups is 1. The van der Waals surface area contributed by atoms with Crippen molar-refractivity contribution in [3.05, 3.63) is 45.5 Å². The second-order valence-corrected chi connectivity index (χ2v) is 6.39. The highest BCUT2D eigenvalue weighted by Gasteiger charge is 2.14. The Morgan fingerprint density at radius 3 is 2.10 bits per heavy atom. The quantitative estimate of drug-likeness (QED) is 0.508. The van der Waals surface area contributed by atoms with E-state index in [9.17, 15) is 0 Å². The molecule has 0 spiro atoms. The Balaban J connectivity index is 2.28. The molecule has 5 heteroatoms. The average Bonchev–Trinajstić information content (AvgIpc) is 2.53. The van der Waals surface area contributed by atoms with Gasteiger partial charge in [0, 0.05) is 21.5 Å². The molecule has 0 amide bonds. The van der Waals surface area contributed by atoms with Crippen LogP contribution in [0.4, 0.5) is 0 Å². The Bertz CT molecular complexity index is 591. The number of methoxy groups -OCH3 is 3. The summed E-state index contributed by atoms with van der Waals surface area (Å²) in [4.78, 5) is 0.987. The van der Waals surface area contributed by atoms with Crippen molar-refractivity contribution in [1.29, 1.82) is 0 Å². The number of ether oxygens (including phenoxy) is 3. The summed E-state index contributed by atoms with van der Waals surface area (Å²) < 4.78 is 17.5. The first-order chi connectivity index (χ1) is 10.2. The number of hydrogen-bond acceptors (Lipinski definition) is 4. The summed E-state index contributed by atoms with van der Waals surface area (Å²) in [5, 5.41) is 0. The monoisotopic (exact) mass is 416 g/mol. The van der Waals surface area contributed by atoms with Crippen molar-refractivity contribution in [2.75, 3.05) is 21.3 Å². The van der Waals surface area contributed by atoms with E-state index < -0.39 is 0 Å². The van der Waals surface area contributed by atoms with Crippen molar-refractivity contribution < 1.29 is 14.2 Å². The molecule has 0 bridgehead atoms. The van der Waals surface area contributed by atoms with Gasteiger partial charge in [-0.1, -0.05) is 18.2 Å². The van der Waals surface area contributed by atoms with Gasteiger partial charge >= 0.3 is 0 Å². The molecule has 0 aliphatic rings. The molecule has 0 aromatic heterocycles. The fourth-order valence-corrected chi connectivity index (χ4v) is 3.84. The van der Waals surface area contributed by atoms with Crippen LogP contribution in [0.15, 0.2) is 41.3 Å². The minimum absolute atomic E-state index is 0.724. The molecule has 0 fully saturated rings. The first-order valence-corrected chi connectivity index (χ1v) is 8.42. The summed E-state index contributed by atoms with van der Waals surface area (Å²) in [7, 11) is 4.95. The average molecular weight is 416 g/mol. The van der Waals surface area contributed by atoms with Gasteiger partial charge in [0.15, 0.2) is 0 Å². The van der Waals surface area contributed by atoms with Crippen LogP contribution in [-0.2, 0) is 5.75 Å². The second-order valence-electron chi connectivity index (χ2n) is 4.24. The standard InChI is InChI=1S/C16H17IO3S/c1-18-12-8-14(19-2)16(15(9-12)20-3)21-10-11-6-4-5-7-13(11)17/h4-9H,10H2,1-3H3. The minimum atomic E-state index is 0.724. The smallest absolute Gasteiger partial charge is 0.139 e. The third-order valence-electron chi connectivity index (χ3n) is 3.00. The molecule has 0 saturated heterocycles. The molecule has 0 saturated carbocycles. The first kappa shape index (κ1) is 16.3. The normalized spacial score (nSPS) is 10.3. The van der Waals surface area contributed by atoms with E-state index >= 15 is 0 Å². The van der Waals surface area contributed by atoms with Crippen LogP contribution in [0.2, 0.25) is 0 Å². The van der Waals surface area contributed by atoms with E-state index in [1.165, 1.54) is 9.13 Å². The van der Waals surface area contributed by atoms with E-state index in [0.29, 0.717) is 0 Å². The summed E-state index contributed by atoms with van der Waals surface area (Å²) in [6.45, 7) is 0. The van der Waals surface area contributed by atoms with Gasteiger partial charge in [-0.3, -0.25) is 0 Å². The molecule has 2 aromatic carbocycles. The molecule has 0 radical (unpaired) electrons. The van der Waals surface area contributed by atoms with E-state index in [2.05, 4.69) is 40.8 Å². The predicted molar refractivity (Wildman–Crippen MR) is 94.8 cm³/mol. The molecular weight excluding hydrogens is 399 g/mol. The summed E-state index contributed by atoms with van der Waals surface area (Å²) in [6.07, 6.45) is 0. The van der Waals surface area contributed by atoms with Crippen LogP contribution < -0.4 is 14.2 Å². The lowest BCUT2D eigenvalue weighted by molar-refractivity contribution is 0.361. The third-order valence-corrected chi connectivity index (χ3v) is 5.20. The van der Waals surface area contributed by atoms with Gasteiger partial charge in [0.05, 0.1) is 26.2 Å². The van der Waals surface area contributed by atoms with Crippen molar-refractivity contribution in [1.82, 2.24) is 0 Å². The van der Waals surface area contributed by atoms with Crippen molar-refractivity contribution in [3.8, 4) is 17.2 Å². The molecule has 0 heterocycles. The number of rotatable bonds is 6. The van der Waals surface area contributed by atoms with Crippen molar-refractivity contribution in [2.45, 2.75) is 10.6 Å². The van der Waals surface area contributed by atoms with Gasteiger partial charge in [0.2, 0.25) is 0 Å². The zero-order chi connectivity index (χ0) is 15.2. The lowest BCUT2D eigenvalue weighted by Crippen LogP contribution is -1.95. The highest BCUT2D eigenvalue weighted by Crippen LogP contribution is 2.42. The van der Waals surface area contributed by atoms with Gasteiger partial charge < -0.3 is 14.2 Å². The topological polar surface area (TPSA) is 27.7 Å². The first-order valence-electron chi connectivity index (χ1n) is 6.35. The molecule has 2 aromatic rings. The molecule has 3 nitrogen and oxygen atoms in total. The van der Waals surface area contributed by atoms with E-state index in [-0.39, 0.29) is 0 Å². The predicted octanol–water partition coefficient (Wildman–Crippen LogP) is 4.61. The molecule has 0 aliphatic heterocycles. The summed E-state index contributed by atoms with van der Waals surface area (Å²) in [6, 6.07) is 12.1. The fourth-order valence-electron chi connectivity index (χ4n) is 1.88. The molecule has 0 aliphatic carbocycles. The van der Waals surface area contributed by atoms with Crippen LogP contribution in [0.1, 0.15) is 5.56 Å². The highest BCUT2D eigenvalue weighted by atomic mass is 127. The lowest BCUT2D eigenvalue weighted by atomic mass is 10.2. The van der Waals surface area contributed by atoms with Crippen LogP contribution in [-0.4, -0.2) is 21.3 Å². The summed E-state index contributed by atoms with van der Waals surface area (Å²) >= 11 is 4.05. The Morgan fingerprint density at radius 2 is 1.57 bits per heavy atom. The fraction of sp³-hybridized carbons (Fsp3) is 0.250. The van der Waals surface area contributed by atoms with E-state index in [1.807, 2.05) is 18.2 Å². The van der Waals surface area contributed by atoms with Crippen LogP contribution >= 0.6 is 34.4 Å². The van der Waals surface area contributed by atoms with Crippen molar-refractivity contribution in [3.63, 3.8) is 0 Å². The summed E-state index contributed by atoms with van der Waals surface area (Å²) in [5.74, 6) is 3.12. The number of benzene rings is 2. The molecular formula is C16H17IO3S. The Hall–Kier alpha value is -1.08. The molecule has 0 atom stereocenters.